The molecule has 0 radical (unpaired) electrons. The lowest BCUT2D eigenvalue weighted by atomic mass is 9.98. The predicted octanol–water partition coefficient (Wildman–Crippen LogP) is 1.87. The van der Waals surface area contributed by atoms with Gasteiger partial charge in [0.05, 0.1) is 17.7 Å². The van der Waals surface area contributed by atoms with E-state index >= 15 is 0 Å². The second kappa shape index (κ2) is 4.79. The third-order valence-corrected chi connectivity index (χ3v) is 3.20. The fraction of sp³-hybridized carbons (Fsp3) is 0.455. The summed E-state index contributed by atoms with van der Waals surface area (Å²) in [4.78, 5) is 24.4. The van der Waals surface area contributed by atoms with Crippen LogP contribution >= 0.6 is 11.6 Å². The lowest BCUT2D eigenvalue weighted by Gasteiger charge is -2.30. The minimum atomic E-state index is -0.860. The largest absolute Gasteiger partial charge is 0.481 e. The van der Waals surface area contributed by atoms with Crippen LogP contribution in [0.15, 0.2) is 16.7 Å². The van der Waals surface area contributed by atoms with Crippen molar-refractivity contribution in [2.45, 2.75) is 12.8 Å². The maximum Gasteiger partial charge on any atom is 0.308 e. The minimum absolute atomic E-state index is 0.0486. The fourth-order valence-electron chi connectivity index (χ4n) is 1.98. The van der Waals surface area contributed by atoms with Crippen LogP contribution in [0, 0.1) is 5.92 Å². The second-order valence-corrected chi connectivity index (χ2v) is 4.38. The maximum atomic E-state index is 12.0. The molecule has 1 aliphatic rings. The van der Waals surface area contributed by atoms with Gasteiger partial charge in [-0.25, -0.2) is 0 Å². The molecule has 1 aliphatic heterocycles. The summed E-state index contributed by atoms with van der Waals surface area (Å²) in [7, 11) is 0. The quantitative estimate of drug-likeness (QED) is 0.878. The van der Waals surface area contributed by atoms with E-state index in [4.69, 9.17) is 21.1 Å². The van der Waals surface area contributed by atoms with Crippen LogP contribution in [0.4, 0.5) is 0 Å². The van der Waals surface area contributed by atoms with Gasteiger partial charge in [-0.1, -0.05) is 0 Å². The minimum Gasteiger partial charge on any atom is -0.481 e. The number of piperidine rings is 1. The predicted molar refractivity (Wildman–Crippen MR) is 60.0 cm³/mol. The Hall–Kier alpha value is -1.49. The Labute approximate surface area is 103 Å². The van der Waals surface area contributed by atoms with Gasteiger partial charge in [-0.05, 0) is 30.5 Å². The van der Waals surface area contributed by atoms with E-state index < -0.39 is 11.9 Å². The molecule has 0 saturated carbocycles. The van der Waals surface area contributed by atoms with Gasteiger partial charge in [-0.2, -0.15) is 0 Å². The van der Waals surface area contributed by atoms with E-state index in [9.17, 15) is 9.59 Å². The van der Waals surface area contributed by atoms with Crippen molar-refractivity contribution in [1.82, 2.24) is 4.90 Å². The second-order valence-electron chi connectivity index (χ2n) is 4.04. The highest BCUT2D eigenvalue weighted by molar-refractivity contribution is 6.32. The molecule has 1 atom stereocenters. The van der Waals surface area contributed by atoms with Crippen molar-refractivity contribution in [1.29, 1.82) is 0 Å². The van der Waals surface area contributed by atoms with Crippen molar-refractivity contribution in [3.63, 3.8) is 0 Å². The highest BCUT2D eigenvalue weighted by Gasteiger charge is 2.29. The van der Waals surface area contributed by atoms with Crippen molar-refractivity contribution in [3.8, 4) is 0 Å². The summed E-state index contributed by atoms with van der Waals surface area (Å²) in [6.07, 6.45) is 2.64. The van der Waals surface area contributed by atoms with Gasteiger partial charge in [0.1, 0.15) is 0 Å². The third kappa shape index (κ3) is 2.44. The summed E-state index contributed by atoms with van der Waals surface area (Å²) in [6.45, 7) is 0.791. The van der Waals surface area contributed by atoms with Gasteiger partial charge in [0.25, 0.3) is 5.91 Å². The number of aliphatic carboxylic acids is 1. The van der Waals surface area contributed by atoms with Crippen molar-refractivity contribution in [3.05, 3.63) is 23.1 Å². The maximum absolute atomic E-state index is 12.0. The number of carboxylic acids is 1. The Morgan fingerprint density at radius 1 is 1.53 bits per heavy atom. The summed E-state index contributed by atoms with van der Waals surface area (Å²) >= 11 is 5.72. The first kappa shape index (κ1) is 12.0. The first-order valence-corrected chi connectivity index (χ1v) is 5.72. The first-order chi connectivity index (χ1) is 8.09. The smallest absolute Gasteiger partial charge is 0.308 e. The van der Waals surface area contributed by atoms with Crippen molar-refractivity contribution in [2.24, 2.45) is 5.92 Å². The summed E-state index contributed by atoms with van der Waals surface area (Å²) < 4.78 is 4.85. The highest BCUT2D eigenvalue weighted by atomic mass is 35.5. The molecule has 1 N–H and O–H groups in total. The van der Waals surface area contributed by atoms with Crippen LogP contribution in [0.25, 0.3) is 0 Å². The molecule has 2 heterocycles. The molecule has 0 spiro atoms. The number of nitrogens with zero attached hydrogens (tertiary/aromatic N) is 1. The van der Waals surface area contributed by atoms with Crippen molar-refractivity contribution >= 4 is 23.5 Å². The van der Waals surface area contributed by atoms with E-state index in [0.717, 1.165) is 0 Å². The van der Waals surface area contributed by atoms with E-state index in [1.807, 2.05) is 0 Å². The van der Waals surface area contributed by atoms with Crippen LogP contribution in [0.1, 0.15) is 23.2 Å². The lowest BCUT2D eigenvalue weighted by Crippen LogP contribution is -2.42. The van der Waals surface area contributed by atoms with Gasteiger partial charge in [-0.3, -0.25) is 9.59 Å². The molecule has 17 heavy (non-hydrogen) atoms. The number of carboxylic acid groups (broad SMARTS) is 1. The monoisotopic (exact) mass is 257 g/mol. The van der Waals surface area contributed by atoms with Gasteiger partial charge in [0.2, 0.25) is 5.22 Å². The van der Waals surface area contributed by atoms with Crippen LogP contribution in [0.5, 0.6) is 0 Å². The molecule has 0 aliphatic carbocycles. The normalized spacial score (nSPS) is 20.3. The summed E-state index contributed by atoms with van der Waals surface area (Å²) in [5.74, 6) is -1.62. The van der Waals surface area contributed by atoms with Gasteiger partial charge in [-0.15, -0.1) is 0 Å². The zero-order valence-electron chi connectivity index (χ0n) is 9.06. The zero-order valence-corrected chi connectivity index (χ0v) is 9.81. The summed E-state index contributed by atoms with van der Waals surface area (Å²) in [5, 5.41) is 8.99. The molecular formula is C11H12ClNO4. The molecule has 5 nitrogen and oxygen atoms in total. The molecule has 6 heteroatoms. The average Bonchev–Trinajstić information content (AvgIpc) is 2.74. The van der Waals surface area contributed by atoms with Crippen LogP contribution < -0.4 is 0 Å². The fourth-order valence-corrected chi connectivity index (χ4v) is 2.17. The first-order valence-electron chi connectivity index (χ1n) is 5.34. The van der Waals surface area contributed by atoms with Crippen LogP contribution in [-0.2, 0) is 4.79 Å². The molecule has 1 aromatic heterocycles. The summed E-state index contributed by atoms with van der Waals surface area (Å²) in [5.41, 5.74) is 0.290. The van der Waals surface area contributed by atoms with Crippen LogP contribution in [0.3, 0.4) is 0 Å². The van der Waals surface area contributed by atoms with Crippen LogP contribution in [0.2, 0.25) is 5.22 Å². The average molecular weight is 258 g/mol. The Morgan fingerprint density at radius 3 is 2.88 bits per heavy atom. The molecular weight excluding hydrogens is 246 g/mol. The zero-order chi connectivity index (χ0) is 12.4. The van der Waals surface area contributed by atoms with Crippen molar-refractivity contribution in [2.75, 3.05) is 13.1 Å². The number of carbonyl (C=O) groups is 2. The Balaban J connectivity index is 2.10. The molecule has 1 amide bonds. The Kier molecular flexibility index (Phi) is 3.38. The van der Waals surface area contributed by atoms with E-state index in [1.54, 1.807) is 0 Å². The van der Waals surface area contributed by atoms with E-state index in [2.05, 4.69) is 0 Å². The van der Waals surface area contributed by atoms with Crippen molar-refractivity contribution < 1.29 is 19.1 Å². The van der Waals surface area contributed by atoms with Gasteiger partial charge >= 0.3 is 5.97 Å². The molecule has 0 unspecified atom stereocenters. The number of carbonyl (C=O) groups excluding carboxylic acids is 1. The van der Waals surface area contributed by atoms with Gasteiger partial charge < -0.3 is 14.4 Å². The lowest BCUT2D eigenvalue weighted by molar-refractivity contribution is -0.143. The number of hydrogen-bond donors (Lipinski definition) is 1. The number of likely N-dealkylation sites (tertiary alicyclic amines) is 1. The molecule has 1 aromatic rings. The number of halogens is 1. The third-order valence-electron chi connectivity index (χ3n) is 2.91. The Bertz CT molecular complexity index is 442. The molecule has 0 aromatic carbocycles. The standard InChI is InChI=1S/C11H12ClNO4/c12-9-8(3-5-17-9)10(14)13-4-1-2-7(6-13)11(15)16/h3,5,7H,1-2,4,6H2,(H,15,16)/t7-/m1/s1. The van der Waals surface area contributed by atoms with Gasteiger partial charge in [0.15, 0.2) is 0 Å². The molecule has 1 saturated heterocycles. The number of furan rings is 1. The number of amides is 1. The van der Waals surface area contributed by atoms with Gasteiger partial charge in [0, 0.05) is 13.1 Å². The highest BCUT2D eigenvalue weighted by Crippen LogP contribution is 2.23. The van der Waals surface area contributed by atoms with E-state index in [1.165, 1.54) is 17.2 Å². The van der Waals surface area contributed by atoms with E-state index in [-0.39, 0.29) is 23.2 Å². The molecule has 2 rings (SSSR count). The van der Waals surface area contributed by atoms with E-state index in [0.29, 0.717) is 19.4 Å². The topological polar surface area (TPSA) is 70.8 Å². The van der Waals surface area contributed by atoms with Crippen LogP contribution in [-0.4, -0.2) is 35.0 Å². The summed E-state index contributed by atoms with van der Waals surface area (Å²) in [6, 6.07) is 1.50. The number of rotatable bonds is 2. The molecule has 1 fully saturated rings. The Morgan fingerprint density at radius 2 is 2.29 bits per heavy atom. The molecule has 92 valence electrons. The number of hydrogen-bond acceptors (Lipinski definition) is 3. The molecule has 0 bridgehead atoms. The SMILES string of the molecule is O=C(O)[C@@H]1CCCN(C(=O)c2ccoc2Cl)C1.